The lowest BCUT2D eigenvalue weighted by molar-refractivity contribution is -0.140. The molecule has 0 bridgehead atoms. The van der Waals surface area contributed by atoms with Gasteiger partial charge in [0.25, 0.3) is 0 Å². The van der Waals surface area contributed by atoms with E-state index in [2.05, 4.69) is 20.0 Å². The van der Waals surface area contributed by atoms with E-state index in [4.69, 9.17) is 9.47 Å². The van der Waals surface area contributed by atoms with Crippen LogP contribution in [0.4, 0.5) is 4.79 Å². The molecule has 1 aliphatic rings. The molecule has 9 nitrogen and oxygen atoms in total. The number of hydrogen-bond donors (Lipinski definition) is 2. The Morgan fingerprint density at radius 3 is 2.83 bits per heavy atom. The van der Waals surface area contributed by atoms with Crippen LogP contribution in [-0.4, -0.2) is 61.3 Å². The van der Waals surface area contributed by atoms with Crippen molar-refractivity contribution in [2.75, 3.05) is 34.4 Å². The second kappa shape index (κ2) is 9.31. The number of carbonyl (C=O) groups excluding carboxylic acids is 2. The van der Waals surface area contributed by atoms with E-state index in [0.29, 0.717) is 37.4 Å². The number of rotatable bonds is 7. The Kier molecular flexibility index (Phi) is 6.58. The van der Waals surface area contributed by atoms with Crippen molar-refractivity contribution < 1.29 is 23.8 Å². The number of aromatic amines is 1. The van der Waals surface area contributed by atoms with Crippen LogP contribution in [0.15, 0.2) is 24.5 Å². The molecular weight excluding hydrogens is 376 g/mol. The molecule has 0 radical (unpaired) electrons. The van der Waals surface area contributed by atoms with Gasteiger partial charge >= 0.3 is 12.0 Å². The number of urea groups is 1. The predicted molar refractivity (Wildman–Crippen MR) is 105 cm³/mol. The highest BCUT2D eigenvalue weighted by atomic mass is 16.5. The van der Waals surface area contributed by atoms with Crippen molar-refractivity contribution in [3.63, 3.8) is 0 Å². The highest BCUT2D eigenvalue weighted by Crippen LogP contribution is 2.39. The summed E-state index contributed by atoms with van der Waals surface area (Å²) in [6.45, 7) is 0.892. The van der Waals surface area contributed by atoms with Crippen molar-refractivity contribution in [1.82, 2.24) is 20.2 Å². The van der Waals surface area contributed by atoms with Crippen molar-refractivity contribution >= 4 is 12.0 Å². The van der Waals surface area contributed by atoms with Crippen LogP contribution < -0.4 is 14.8 Å². The summed E-state index contributed by atoms with van der Waals surface area (Å²) in [5, 5.41) is 2.89. The zero-order chi connectivity index (χ0) is 20.8. The van der Waals surface area contributed by atoms with Crippen molar-refractivity contribution in [2.24, 2.45) is 0 Å². The third-order valence-electron chi connectivity index (χ3n) is 4.98. The number of imidazole rings is 1. The number of benzene rings is 1. The summed E-state index contributed by atoms with van der Waals surface area (Å²) in [7, 11) is 4.54. The first-order valence-corrected chi connectivity index (χ1v) is 9.44. The molecule has 2 N–H and O–H groups in total. The maximum Gasteiger partial charge on any atom is 0.318 e. The van der Waals surface area contributed by atoms with Crippen LogP contribution in [0.2, 0.25) is 0 Å². The highest BCUT2D eigenvalue weighted by molar-refractivity contribution is 5.76. The van der Waals surface area contributed by atoms with Crippen molar-refractivity contribution in [3.05, 3.63) is 41.5 Å². The van der Waals surface area contributed by atoms with Gasteiger partial charge in [0.15, 0.2) is 0 Å². The molecule has 29 heavy (non-hydrogen) atoms. The van der Waals surface area contributed by atoms with Crippen LogP contribution in [0.5, 0.6) is 11.5 Å². The van der Waals surface area contributed by atoms with E-state index in [0.717, 1.165) is 17.0 Å². The molecule has 0 unspecified atom stereocenters. The number of hydrogen-bond acceptors (Lipinski definition) is 6. The van der Waals surface area contributed by atoms with Crippen LogP contribution in [0.3, 0.4) is 0 Å². The van der Waals surface area contributed by atoms with Gasteiger partial charge in [0.1, 0.15) is 17.5 Å². The molecule has 0 spiro atoms. The Morgan fingerprint density at radius 2 is 2.10 bits per heavy atom. The van der Waals surface area contributed by atoms with E-state index in [1.165, 1.54) is 7.11 Å². The molecule has 0 aliphatic carbocycles. The van der Waals surface area contributed by atoms with Crippen molar-refractivity contribution in [2.45, 2.75) is 25.3 Å². The number of amides is 2. The zero-order valence-corrected chi connectivity index (χ0v) is 16.9. The fourth-order valence-electron chi connectivity index (χ4n) is 3.50. The lowest BCUT2D eigenvalue weighted by Crippen LogP contribution is -2.46. The third kappa shape index (κ3) is 4.44. The van der Waals surface area contributed by atoms with Gasteiger partial charge in [-0.2, -0.15) is 0 Å². The minimum absolute atomic E-state index is 0.224. The summed E-state index contributed by atoms with van der Waals surface area (Å²) in [6.07, 6.45) is 3.08. The minimum atomic E-state index is -0.421. The van der Waals surface area contributed by atoms with Crippen LogP contribution >= 0.6 is 0 Å². The van der Waals surface area contributed by atoms with E-state index in [1.807, 2.05) is 18.2 Å². The van der Waals surface area contributed by atoms with Crippen LogP contribution in [0.1, 0.15) is 35.8 Å². The molecule has 9 heteroatoms. The number of esters is 1. The van der Waals surface area contributed by atoms with E-state index in [1.54, 1.807) is 25.4 Å². The number of aromatic nitrogens is 2. The lowest BCUT2D eigenvalue weighted by Gasteiger charge is -2.36. The summed E-state index contributed by atoms with van der Waals surface area (Å²) in [4.78, 5) is 33.6. The van der Waals surface area contributed by atoms with E-state index in [9.17, 15) is 9.59 Å². The monoisotopic (exact) mass is 402 g/mol. The lowest BCUT2D eigenvalue weighted by atomic mass is 9.95. The van der Waals surface area contributed by atoms with Gasteiger partial charge in [0.2, 0.25) is 0 Å². The maximum absolute atomic E-state index is 13.0. The maximum atomic E-state index is 13.0. The average Bonchev–Trinajstić information content (AvgIpc) is 3.24. The first-order chi connectivity index (χ1) is 14.1. The first kappa shape index (κ1) is 20.5. The number of H-pyrrole nitrogens is 1. The summed E-state index contributed by atoms with van der Waals surface area (Å²) in [5.74, 6) is 1.02. The molecule has 1 aliphatic heterocycles. The molecule has 3 rings (SSSR count). The third-order valence-corrected chi connectivity index (χ3v) is 4.98. The number of fused-ring (bicyclic) bond motifs is 1. The molecule has 1 aromatic carbocycles. The Balaban J connectivity index is 1.85. The van der Waals surface area contributed by atoms with Crippen molar-refractivity contribution in [1.29, 1.82) is 0 Å². The van der Waals surface area contributed by atoms with Gasteiger partial charge in [0.05, 0.1) is 33.4 Å². The smallest absolute Gasteiger partial charge is 0.318 e. The largest absolute Gasteiger partial charge is 0.497 e. The molecule has 2 amide bonds. The fourth-order valence-corrected chi connectivity index (χ4v) is 3.50. The van der Waals surface area contributed by atoms with Crippen LogP contribution in [0, 0.1) is 0 Å². The molecule has 156 valence electrons. The van der Waals surface area contributed by atoms with Crippen LogP contribution in [0.25, 0.3) is 0 Å². The molecule has 1 aromatic heterocycles. The van der Waals surface area contributed by atoms with Gasteiger partial charge in [-0.1, -0.05) is 0 Å². The predicted octanol–water partition coefficient (Wildman–Crippen LogP) is 2.04. The fraction of sp³-hybridized carbons (Fsp3) is 0.450. The van der Waals surface area contributed by atoms with E-state index in [-0.39, 0.29) is 18.4 Å². The molecule has 2 aromatic rings. The van der Waals surface area contributed by atoms with Gasteiger partial charge in [-0.05, 0) is 24.6 Å². The second-order valence-electron chi connectivity index (χ2n) is 6.63. The summed E-state index contributed by atoms with van der Waals surface area (Å²) in [5.41, 5.74) is 2.58. The van der Waals surface area contributed by atoms with E-state index < -0.39 is 6.04 Å². The first-order valence-electron chi connectivity index (χ1n) is 9.44. The Bertz CT molecular complexity index is 866. The summed E-state index contributed by atoms with van der Waals surface area (Å²) in [6, 6.07) is 4.86. The average molecular weight is 402 g/mol. The van der Waals surface area contributed by atoms with Crippen LogP contribution in [-0.2, 0) is 16.0 Å². The molecule has 0 saturated carbocycles. The molecule has 2 heterocycles. The van der Waals surface area contributed by atoms with Crippen molar-refractivity contribution in [3.8, 4) is 11.5 Å². The van der Waals surface area contributed by atoms with Gasteiger partial charge in [-0.25, -0.2) is 9.78 Å². The van der Waals surface area contributed by atoms with Gasteiger partial charge in [-0.3, -0.25) is 4.79 Å². The zero-order valence-electron chi connectivity index (χ0n) is 16.9. The standard InChI is InChI=1S/C20H26N4O5/c1-27-13-6-7-16(28-2)14(11-13)19-18-15(22-12-23-18)8-10-24(19)20(26)21-9-4-5-17(25)29-3/h6-7,11-12,19H,4-5,8-10H2,1-3H3,(H,21,26)(H,22,23)/t19-/m0/s1. The second-order valence-corrected chi connectivity index (χ2v) is 6.63. The molecule has 1 atom stereocenters. The topological polar surface area (TPSA) is 106 Å². The number of methoxy groups -OCH3 is 3. The molecule has 0 saturated heterocycles. The Morgan fingerprint density at radius 1 is 1.28 bits per heavy atom. The van der Waals surface area contributed by atoms with Gasteiger partial charge < -0.3 is 29.4 Å². The SMILES string of the molecule is COC(=O)CCCNC(=O)N1CCc2[nH]cnc2[C@@H]1c1cc(OC)ccc1OC. The highest BCUT2D eigenvalue weighted by Gasteiger charge is 2.36. The Hall–Kier alpha value is -3.23. The Labute approximate surface area is 169 Å². The van der Waals surface area contributed by atoms with E-state index >= 15 is 0 Å². The van der Waals surface area contributed by atoms with Gasteiger partial charge in [0, 0.05) is 37.2 Å². The molecule has 0 fully saturated rings. The minimum Gasteiger partial charge on any atom is -0.497 e. The summed E-state index contributed by atoms with van der Waals surface area (Å²) < 4.78 is 15.6. The number of carbonyl (C=O) groups is 2. The number of nitrogens with one attached hydrogen (secondary N) is 2. The van der Waals surface area contributed by atoms with Gasteiger partial charge in [-0.15, -0.1) is 0 Å². The number of ether oxygens (including phenoxy) is 3. The molecular formula is C20H26N4O5. The quantitative estimate of drug-likeness (QED) is 0.542. The normalized spacial score (nSPS) is 15.4. The number of nitrogens with zero attached hydrogens (tertiary/aromatic N) is 2. The summed E-state index contributed by atoms with van der Waals surface area (Å²) >= 11 is 0.